The molecular weight excluding hydrogens is 234 g/mol. The molecule has 0 aliphatic carbocycles. The molecule has 0 aromatic rings. The second-order valence-corrected chi connectivity index (χ2v) is 3.96. The predicted molar refractivity (Wildman–Crippen MR) is 66.3 cm³/mol. The first-order valence-corrected chi connectivity index (χ1v) is 5.62. The van der Waals surface area contributed by atoms with Gasteiger partial charge >= 0.3 is 5.97 Å². The monoisotopic (exact) mass is 251 g/mol. The van der Waals surface area contributed by atoms with Crippen LogP contribution in [-0.2, 0) is 19.1 Å². The molecule has 5 heteroatoms. The Labute approximate surface area is 106 Å². The summed E-state index contributed by atoms with van der Waals surface area (Å²) in [6.07, 6.45) is 7.87. The zero-order chi connectivity index (χ0) is 13.8. The molecule has 0 radical (unpaired) electrons. The lowest BCUT2D eigenvalue weighted by atomic mass is 9.96. The lowest BCUT2D eigenvalue weighted by Gasteiger charge is -2.17. The molecule has 5 nitrogen and oxygen atoms in total. The molecule has 0 amide bonds. The third-order valence-electron chi connectivity index (χ3n) is 2.53. The van der Waals surface area contributed by atoms with Gasteiger partial charge in [0, 0.05) is 0 Å². The number of nitrogens with two attached hydrogens (primary N) is 1. The molecule has 0 saturated carbocycles. The maximum absolute atomic E-state index is 12.1. The minimum Gasteiger partial charge on any atom is -0.465 e. The molecule has 0 spiro atoms. The number of esters is 1. The van der Waals surface area contributed by atoms with Gasteiger partial charge in [-0.25, -0.2) is 4.79 Å². The molecular formula is C13H17NO4. The number of allylic oxidation sites excluding steroid dienone is 3. The molecule has 1 aliphatic rings. The van der Waals surface area contributed by atoms with Crippen molar-refractivity contribution >= 4 is 11.8 Å². The van der Waals surface area contributed by atoms with Crippen molar-refractivity contribution in [1.29, 1.82) is 0 Å². The van der Waals surface area contributed by atoms with Gasteiger partial charge < -0.3 is 15.2 Å². The fraction of sp³-hybridized carbons (Fsp3) is 0.385. The van der Waals surface area contributed by atoms with Crippen LogP contribution in [0.25, 0.3) is 0 Å². The van der Waals surface area contributed by atoms with E-state index < -0.39 is 17.4 Å². The predicted octanol–water partition coefficient (Wildman–Crippen LogP) is 1.21. The quantitative estimate of drug-likeness (QED) is 0.461. The van der Waals surface area contributed by atoms with Gasteiger partial charge in [0.2, 0.25) is 11.7 Å². The SMILES string of the molecule is CCC=CC=CC1(C)OC(N)=C(C(=O)OC)C1=O. The summed E-state index contributed by atoms with van der Waals surface area (Å²) in [5.74, 6) is -1.47. The topological polar surface area (TPSA) is 78.6 Å². The Morgan fingerprint density at radius 2 is 2.17 bits per heavy atom. The van der Waals surface area contributed by atoms with E-state index in [1.54, 1.807) is 25.2 Å². The third-order valence-corrected chi connectivity index (χ3v) is 2.53. The van der Waals surface area contributed by atoms with Crippen LogP contribution in [0.5, 0.6) is 0 Å². The molecule has 1 rings (SSSR count). The Morgan fingerprint density at radius 3 is 2.72 bits per heavy atom. The number of Topliss-reactive ketones (excluding diaryl/α,β-unsaturated/α-hetero) is 1. The largest absolute Gasteiger partial charge is 0.465 e. The van der Waals surface area contributed by atoms with E-state index in [2.05, 4.69) is 4.74 Å². The number of rotatable bonds is 4. The second kappa shape index (κ2) is 5.53. The van der Waals surface area contributed by atoms with E-state index in [0.29, 0.717) is 0 Å². The highest BCUT2D eigenvalue weighted by Gasteiger charge is 2.46. The van der Waals surface area contributed by atoms with Crippen molar-refractivity contribution in [3.8, 4) is 0 Å². The first-order valence-electron chi connectivity index (χ1n) is 5.62. The molecule has 0 aromatic carbocycles. The maximum atomic E-state index is 12.1. The Hall–Kier alpha value is -2.04. The molecule has 1 unspecified atom stereocenters. The molecule has 2 N–H and O–H groups in total. The number of carbonyl (C=O) groups excluding carboxylic acids is 2. The van der Waals surface area contributed by atoms with E-state index in [1.165, 1.54) is 7.11 Å². The van der Waals surface area contributed by atoms with Crippen LogP contribution < -0.4 is 5.73 Å². The van der Waals surface area contributed by atoms with E-state index in [9.17, 15) is 9.59 Å². The number of carbonyl (C=O) groups is 2. The zero-order valence-corrected chi connectivity index (χ0v) is 10.7. The number of hydrogen-bond donors (Lipinski definition) is 1. The minimum atomic E-state index is -1.24. The number of methoxy groups -OCH3 is 1. The summed E-state index contributed by atoms with van der Waals surface area (Å²) in [5.41, 5.74) is 4.06. The average Bonchev–Trinajstić information content (AvgIpc) is 2.55. The van der Waals surface area contributed by atoms with Crippen LogP contribution in [0.1, 0.15) is 20.3 Å². The van der Waals surface area contributed by atoms with Crippen LogP contribution in [0, 0.1) is 0 Å². The van der Waals surface area contributed by atoms with Gasteiger partial charge in [-0.05, 0) is 19.4 Å². The molecule has 0 fully saturated rings. The Kier molecular flexibility index (Phi) is 4.31. The average molecular weight is 251 g/mol. The number of ketones is 1. The standard InChI is InChI=1S/C13H17NO4/c1-4-5-6-7-8-13(2)10(15)9(11(14)18-13)12(16)17-3/h5-8H,4,14H2,1-3H3. The highest BCUT2D eigenvalue weighted by molar-refractivity contribution is 6.22. The fourth-order valence-corrected chi connectivity index (χ4v) is 1.54. The summed E-state index contributed by atoms with van der Waals surface area (Å²) in [4.78, 5) is 23.5. The van der Waals surface area contributed by atoms with Crippen molar-refractivity contribution in [2.45, 2.75) is 25.9 Å². The van der Waals surface area contributed by atoms with Crippen LogP contribution in [0.15, 0.2) is 35.8 Å². The van der Waals surface area contributed by atoms with Gasteiger partial charge in [-0.1, -0.05) is 25.2 Å². The molecule has 1 atom stereocenters. The fourth-order valence-electron chi connectivity index (χ4n) is 1.54. The Bertz CT molecular complexity index is 448. The van der Waals surface area contributed by atoms with Gasteiger partial charge in [-0.3, -0.25) is 4.79 Å². The molecule has 0 bridgehead atoms. The van der Waals surface area contributed by atoms with Gasteiger partial charge in [0.15, 0.2) is 11.2 Å². The van der Waals surface area contributed by atoms with E-state index in [4.69, 9.17) is 10.5 Å². The second-order valence-electron chi connectivity index (χ2n) is 3.96. The zero-order valence-electron chi connectivity index (χ0n) is 10.7. The smallest absolute Gasteiger partial charge is 0.347 e. The molecule has 0 saturated heterocycles. The van der Waals surface area contributed by atoms with Crippen LogP contribution in [0.4, 0.5) is 0 Å². The van der Waals surface area contributed by atoms with Crippen LogP contribution in [-0.4, -0.2) is 24.5 Å². The normalized spacial score (nSPS) is 24.1. The Balaban J connectivity index is 2.92. The highest BCUT2D eigenvalue weighted by atomic mass is 16.5. The van der Waals surface area contributed by atoms with Crippen molar-refractivity contribution < 1.29 is 19.1 Å². The lowest BCUT2D eigenvalue weighted by Crippen LogP contribution is -2.33. The first kappa shape index (κ1) is 14.0. The van der Waals surface area contributed by atoms with Gasteiger partial charge in [0.25, 0.3) is 0 Å². The van der Waals surface area contributed by atoms with Gasteiger partial charge in [0.1, 0.15) is 0 Å². The van der Waals surface area contributed by atoms with E-state index in [0.717, 1.165) is 6.42 Å². The van der Waals surface area contributed by atoms with Gasteiger partial charge in [0.05, 0.1) is 7.11 Å². The summed E-state index contributed by atoms with van der Waals surface area (Å²) < 4.78 is 9.76. The van der Waals surface area contributed by atoms with E-state index in [1.807, 2.05) is 13.0 Å². The molecule has 0 aromatic heterocycles. The van der Waals surface area contributed by atoms with Crippen LogP contribution in [0.2, 0.25) is 0 Å². The molecule has 98 valence electrons. The maximum Gasteiger partial charge on any atom is 0.347 e. The van der Waals surface area contributed by atoms with E-state index >= 15 is 0 Å². The van der Waals surface area contributed by atoms with Crippen molar-refractivity contribution in [1.82, 2.24) is 0 Å². The van der Waals surface area contributed by atoms with Crippen LogP contribution in [0.3, 0.4) is 0 Å². The summed E-state index contributed by atoms with van der Waals surface area (Å²) in [6.45, 7) is 3.55. The molecule has 18 heavy (non-hydrogen) atoms. The Morgan fingerprint density at radius 1 is 1.50 bits per heavy atom. The van der Waals surface area contributed by atoms with Crippen molar-refractivity contribution in [3.05, 3.63) is 35.8 Å². The minimum absolute atomic E-state index is 0.196. The first-order chi connectivity index (χ1) is 8.46. The third kappa shape index (κ3) is 2.61. The van der Waals surface area contributed by atoms with Gasteiger partial charge in [-0.2, -0.15) is 0 Å². The molecule has 1 heterocycles. The van der Waals surface area contributed by atoms with Crippen molar-refractivity contribution in [2.24, 2.45) is 5.73 Å². The van der Waals surface area contributed by atoms with Crippen molar-refractivity contribution in [2.75, 3.05) is 7.11 Å². The van der Waals surface area contributed by atoms with E-state index in [-0.39, 0.29) is 11.5 Å². The summed E-state index contributed by atoms with van der Waals surface area (Å²) in [6, 6.07) is 0. The summed E-state index contributed by atoms with van der Waals surface area (Å²) in [7, 11) is 1.19. The number of ether oxygens (including phenoxy) is 2. The molecule has 1 aliphatic heterocycles. The lowest BCUT2D eigenvalue weighted by molar-refractivity contribution is -0.138. The summed E-state index contributed by atoms with van der Waals surface area (Å²) in [5, 5.41) is 0. The van der Waals surface area contributed by atoms with Crippen LogP contribution >= 0.6 is 0 Å². The summed E-state index contributed by atoms with van der Waals surface area (Å²) >= 11 is 0. The number of hydrogen-bond acceptors (Lipinski definition) is 5. The highest BCUT2D eigenvalue weighted by Crippen LogP contribution is 2.30. The van der Waals surface area contributed by atoms with Crippen molar-refractivity contribution in [3.63, 3.8) is 0 Å². The van der Waals surface area contributed by atoms with Gasteiger partial charge in [-0.15, -0.1) is 0 Å².